The number of nitrogens with zero attached hydrogens (tertiary/aromatic N) is 3. The van der Waals surface area contributed by atoms with Crippen LogP contribution in [0.15, 0.2) is 67.3 Å². The van der Waals surface area contributed by atoms with Gasteiger partial charge in [-0.2, -0.15) is 0 Å². The van der Waals surface area contributed by atoms with Crippen molar-refractivity contribution < 1.29 is 10.2 Å². The van der Waals surface area contributed by atoms with Crippen LogP contribution < -0.4 is 0 Å². The van der Waals surface area contributed by atoms with Crippen molar-refractivity contribution in [2.75, 3.05) is 0 Å². The van der Waals surface area contributed by atoms with E-state index in [9.17, 15) is 10.2 Å². The molecule has 0 saturated heterocycles. The van der Waals surface area contributed by atoms with Crippen LogP contribution in [0.3, 0.4) is 0 Å². The van der Waals surface area contributed by atoms with E-state index in [-0.39, 0.29) is 18.0 Å². The summed E-state index contributed by atoms with van der Waals surface area (Å²) in [4.78, 5) is 0. The van der Waals surface area contributed by atoms with Crippen LogP contribution in [0, 0.1) is 11.8 Å². The van der Waals surface area contributed by atoms with Crippen LogP contribution in [0.25, 0.3) is 10.8 Å². The molecule has 1 heterocycles. The van der Waals surface area contributed by atoms with E-state index in [1.165, 1.54) is 12.7 Å². The van der Waals surface area contributed by atoms with Gasteiger partial charge in [0.1, 0.15) is 24.2 Å². The van der Waals surface area contributed by atoms with Crippen LogP contribution in [0.5, 0.6) is 11.5 Å². The van der Waals surface area contributed by atoms with Gasteiger partial charge in [-0.05, 0) is 29.1 Å². The second kappa shape index (κ2) is 7.22. The van der Waals surface area contributed by atoms with E-state index in [1.807, 2.05) is 48.5 Å². The highest BCUT2D eigenvalue weighted by Crippen LogP contribution is 2.36. The van der Waals surface area contributed by atoms with Crippen LogP contribution in [0.1, 0.15) is 16.7 Å². The topological polar surface area (TPSA) is 71.2 Å². The van der Waals surface area contributed by atoms with E-state index in [4.69, 9.17) is 0 Å². The summed E-state index contributed by atoms with van der Waals surface area (Å²) in [5.41, 5.74) is 2.40. The van der Waals surface area contributed by atoms with Crippen molar-refractivity contribution >= 4 is 10.8 Å². The molecule has 27 heavy (non-hydrogen) atoms. The predicted octanol–water partition coefficient (Wildman–Crippen LogP) is 3.49. The molecule has 0 bridgehead atoms. The fourth-order valence-electron chi connectivity index (χ4n) is 2.97. The lowest BCUT2D eigenvalue weighted by Gasteiger charge is -2.11. The second-order valence-electron chi connectivity index (χ2n) is 6.26. The van der Waals surface area contributed by atoms with Crippen LogP contribution in [-0.4, -0.2) is 25.0 Å². The SMILES string of the molecule is Oc1cc2ccc(C#CCc3ccccc3)cc2c(O)c1Cn1cnnc1. The monoisotopic (exact) mass is 355 g/mol. The normalized spacial score (nSPS) is 10.5. The van der Waals surface area contributed by atoms with Gasteiger partial charge in [-0.15, -0.1) is 10.2 Å². The molecule has 0 amide bonds. The van der Waals surface area contributed by atoms with Gasteiger partial charge in [0.2, 0.25) is 0 Å². The summed E-state index contributed by atoms with van der Waals surface area (Å²) < 4.78 is 1.68. The largest absolute Gasteiger partial charge is 0.507 e. The number of aromatic hydroxyl groups is 2. The summed E-state index contributed by atoms with van der Waals surface area (Å²) in [6, 6.07) is 17.3. The molecule has 0 spiro atoms. The van der Waals surface area contributed by atoms with Crippen molar-refractivity contribution in [3.8, 4) is 23.3 Å². The Bertz CT molecular complexity index is 1140. The summed E-state index contributed by atoms with van der Waals surface area (Å²) >= 11 is 0. The lowest BCUT2D eigenvalue weighted by atomic mass is 10.0. The van der Waals surface area contributed by atoms with Crippen molar-refractivity contribution in [3.05, 3.63) is 83.9 Å². The van der Waals surface area contributed by atoms with Gasteiger partial charge in [-0.3, -0.25) is 0 Å². The maximum absolute atomic E-state index is 10.7. The summed E-state index contributed by atoms with van der Waals surface area (Å²) in [7, 11) is 0. The minimum atomic E-state index is 0.0385. The molecular weight excluding hydrogens is 338 g/mol. The Kier molecular flexibility index (Phi) is 4.46. The highest BCUT2D eigenvalue weighted by molar-refractivity contribution is 5.92. The van der Waals surface area contributed by atoms with Gasteiger partial charge in [0.15, 0.2) is 0 Å². The fourth-order valence-corrected chi connectivity index (χ4v) is 2.97. The van der Waals surface area contributed by atoms with Crippen LogP contribution in [0.4, 0.5) is 0 Å². The highest BCUT2D eigenvalue weighted by Gasteiger charge is 2.13. The molecule has 132 valence electrons. The predicted molar refractivity (Wildman–Crippen MR) is 103 cm³/mol. The first-order valence-electron chi connectivity index (χ1n) is 8.53. The Morgan fingerprint density at radius 3 is 2.48 bits per heavy atom. The zero-order chi connectivity index (χ0) is 18.6. The summed E-state index contributed by atoms with van der Waals surface area (Å²) in [6.07, 6.45) is 3.74. The summed E-state index contributed by atoms with van der Waals surface area (Å²) in [5, 5.41) is 29.9. The summed E-state index contributed by atoms with van der Waals surface area (Å²) in [6.45, 7) is 0.282. The first-order valence-corrected chi connectivity index (χ1v) is 8.53. The van der Waals surface area contributed by atoms with Crippen molar-refractivity contribution in [1.82, 2.24) is 14.8 Å². The molecule has 0 radical (unpaired) electrons. The van der Waals surface area contributed by atoms with Gasteiger partial charge < -0.3 is 14.8 Å². The Labute approximate surface area is 156 Å². The number of hydrogen-bond donors (Lipinski definition) is 2. The zero-order valence-electron chi connectivity index (χ0n) is 14.5. The van der Waals surface area contributed by atoms with Crippen LogP contribution >= 0.6 is 0 Å². The number of hydrogen-bond acceptors (Lipinski definition) is 4. The highest BCUT2D eigenvalue weighted by atomic mass is 16.3. The molecule has 3 aromatic carbocycles. The Balaban J connectivity index is 1.67. The minimum absolute atomic E-state index is 0.0385. The number of fused-ring (bicyclic) bond motifs is 1. The van der Waals surface area contributed by atoms with Gasteiger partial charge in [-0.1, -0.05) is 48.2 Å². The molecular formula is C22H17N3O2. The van der Waals surface area contributed by atoms with Gasteiger partial charge in [-0.25, -0.2) is 0 Å². The van der Waals surface area contributed by atoms with Crippen molar-refractivity contribution in [2.45, 2.75) is 13.0 Å². The first-order chi connectivity index (χ1) is 13.2. The standard InChI is InChI=1S/C22H17N3O2/c26-21-12-18-10-9-17(8-4-7-16-5-2-1-3-6-16)11-19(18)22(27)20(21)13-25-14-23-24-15-25/h1-3,5-6,9-12,14-15,26-27H,7,13H2. The van der Waals surface area contributed by atoms with E-state index in [2.05, 4.69) is 22.0 Å². The van der Waals surface area contributed by atoms with Gasteiger partial charge in [0.25, 0.3) is 0 Å². The second-order valence-corrected chi connectivity index (χ2v) is 6.26. The molecule has 5 nitrogen and oxygen atoms in total. The van der Waals surface area contributed by atoms with Gasteiger partial charge >= 0.3 is 0 Å². The van der Waals surface area contributed by atoms with Crippen LogP contribution in [0.2, 0.25) is 0 Å². The Hall–Kier alpha value is -3.78. The van der Waals surface area contributed by atoms with Gasteiger partial charge in [0, 0.05) is 17.4 Å². The Morgan fingerprint density at radius 1 is 0.926 bits per heavy atom. The van der Waals surface area contributed by atoms with Gasteiger partial charge in [0.05, 0.1) is 12.1 Å². The molecule has 0 fully saturated rings. The van der Waals surface area contributed by atoms with Crippen LogP contribution in [-0.2, 0) is 13.0 Å². The minimum Gasteiger partial charge on any atom is -0.507 e. The number of benzene rings is 3. The van der Waals surface area contributed by atoms with E-state index in [0.29, 0.717) is 17.4 Å². The molecule has 0 unspecified atom stereocenters. The van der Waals surface area contributed by atoms with Crippen molar-refractivity contribution in [3.63, 3.8) is 0 Å². The third kappa shape index (κ3) is 3.60. The molecule has 0 saturated carbocycles. The van der Waals surface area contributed by atoms with E-state index in [0.717, 1.165) is 16.5 Å². The Morgan fingerprint density at radius 2 is 1.70 bits per heavy atom. The summed E-state index contributed by atoms with van der Waals surface area (Å²) in [5.74, 6) is 6.39. The number of aromatic nitrogens is 3. The maximum atomic E-state index is 10.7. The molecule has 0 aliphatic carbocycles. The third-order valence-corrected chi connectivity index (χ3v) is 4.37. The molecule has 1 aromatic heterocycles. The van der Waals surface area contributed by atoms with Crippen molar-refractivity contribution in [2.24, 2.45) is 0 Å². The fraction of sp³-hybridized carbons (Fsp3) is 0.0909. The van der Waals surface area contributed by atoms with E-state index >= 15 is 0 Å². The number of phenolic OH excluding ortho intramolecular Hbond substituents is 2. The third-order valence-electron chi connectivity index (χ3n) is 4.37. The zero-order valence-corrected chi connectivity index (χ0v) is 14.5. The molecule has 0 atom stereocenters. The molecule has 0 aliphatic rings. The molecule has 4 rings (SSSR count). The smallest absolute Gasteiger partial charge is 0.132 e. The molecule has 5 heteroatoms. The molecule has 4 aromatic rings. The number of phenols is 2. The quantitative estimate of drug-likeness (QED) is 0.552. The maximum Gasteiger partial charge on any atom is 0.132 e. The van der Waals surface area contributed by atoms with Crippen molar-refractivity contribution in [1.29, 1.82) is 0 Å². The molecule has 0 aliphatic heterocycles. The number of rotatable bonds is 3. The lowest BCUT2D eigenvalue weighted by molar-refractivity contribution is 0.439. The first kappa shape index (κ1) is 16.7. The van der Waals surface area contributed by atoms with E-state index in [1.54, 1.807) is 10.6 Å². The average molecular weight is 355 g/mol. The lowest BCUT2D eigenvalue weighted by Crippen LogP contribution is -1.98. The van der Waals surface area contributed by atoms with E-state index < -0.39 is 0 Å². The molecule has 2 N–H and O–H groups in total. The average Bonchev–Trinajstić information content (AvgIpc) is 3.20.